The summed E-state index contributed by atoms with van der Waals surface area (Å²) in [5.74, 6) is -0.118. The van der Waals surface area contributed by atoms with Gasteiger partial charge in [-0.1, -0.05) is 43.8 Å². The second kappa shape index (κ2) is 11.0. The molecule has 0 saturated carbocycles. The molecule has 3 heterocycles. The molecule has 3 aromatic rings. The van der Waals surface area contributed by atoms with Gasteiger partial charge in [-0.2, -0.15) is 5.10 Å². The van der Waals surface area contributed by atoms with E-state index in [4.69, 9.17) is 0 Å². The first-order valence-corrected chi connectivity index (χ1v) is 11.6. The number of para-hydroxylation sites is 1. The van der Waals surface area contributed by atoms with E-state index in [1.54, 1.807) is 28.9 Å². The zero-order chi connectivity index (χ0) is 23.6. The van der Waals surface area contributed by atoms with Gasteiger partial charge in [-0.25, -0.2) is 13.9 Å². The summed E-state index contributed by atoms with van der Waals surface area (Å²) in [6.45, 7) is 5.17. The quantitative estimate of drug-likeness (QED) is 0.397. The largest absolute Gasteiger partial charge is 0.573 e. The molecule has 34 heavy (non-hydrogen) atoms. The lowest BCUT2D eigenvalue weighted by atomic mass is 10.1. The number of aromatic nitrogens is 3. The molecule has 186 valence electrons. The zero-order valence-electron chi connectivity index (χ0n) is 18.6. The fourth-order valence-electron chi connectivity index (χ4n) is 3.69. The monoisotopic (exact) mass is 519 g/mol. The van der Waals surface area contributed by atoms with Gasteiger partial charge in [0.1, 0.15) is 16.9 Å². The van der Waals surface area contributed by atoms with Gasteiger partial charge < -0.3 is 15.4 Å². The molecule has 1 saturated heterocycles. The van der Waals surface area contributed by atoms with Gasteiger partial charge in [-0.3, -0.25) is 0 Å². The van der Waals surface area contributed by atoms with Crippen molar-refractivity contribution in [2.75, 3.05) is 18.4 Å². The van der Waals surface area contributed by atoms with Crippen molar-refractivity contribution in [3.05, 3.63) is 47.8 Å². The lowest BCUT2D eigenvalue weighted by Gasteiger charge is -2.26. The number of alkyl halides is 4. The summed E-state index contributed by atoms with van der Waals surface area (Å²) in [6.07, 6.45) is -3.36. The summed E-state index contributed by atoms with van der Waals surface area (Å²) in [5.41, 5.74) is 2.39. The average Bonchev–Trinajstić information content (AvgIpc) is 3.18. The van der Waals surface area contributed by atoms with E-state index in [2.05, 4.69) is 25.5 Å². The number of nitrogens with zero attached hydrogens (tertiary/aromatic N) is 3. The number of rotatable bonds is 7. The van der Waals surface area contributed by atoms with Crippen LogP contribution in [0.15, 0.2) is 41.6 Å². The number of halogens is 5. The first kappa shape index (κ1) is 26.4. The van der Waals surface area contributed by atoms with Gasteiger partial charge in [0.15, 0.2) is 5.65 Å². The molecule has 6 nitrogen and oxygen atoms in total. The lowest BCUT2D eigenvalue weighted by molar-refractivity contribution is -0.274. The van der Waals surface area contributed by atoms with Crippen molar-refractivity contribution in [1.29, 1.82) is 0 Å². The van der Waals surface area contributed by atoms with Crippen LogP contribution in [0.1, 0.15) is 37.4 Å². The molecule has 0 aliphatic carbocycles. The van der Waals surface area contributed by atoms with E-state index in [1.807, 2.05) is 13.8 Å². The predicted molar refractivity (Wildman–Crippen MR) is 127 cm³/mol. The second-order valence-electron chi connectivity index (χ2n) is 8.14. The molecule has 1 aliphatic heterocycles. The first-order valence-electron chi connectivity index (χ1n) is 10.7. The highest BCUT2D eigenvalue weighted by Gasteiger charge is 2.32. The molecule has 4 rings (SSSR count). The van der Waals surface area contributed by atoms with Crippen molar-refractivity contribution >= 4 is 35.5 Å². The SMILES string of the molecule is CC(C)c1cnc2c(NCc3ccccc3OC(F)(F)F)cc(SC3CCNCC3F)nn12.Cl. The number of hydrogen-bond acceptors (Lipinski definition) is 6. The van der Waals surface area contributed by atoms with Crippen LogP contribution in [0.4, 0.5) is 23.2 Å². The molecule has 0 bridgehead atoms. The fourth-order valence-corrected chi connectivity index (χ4v) is 4.80. The van der Waals surface area contributed by atoms with Gasteiger partial charge in [-0.05, 0) is 31.0 Å². The van der Waals surface area contributed by atoms with Gasteiger partial charge in [0.2, 0.25) is 0 Å². The molecule has 2 atom stereocenters. The minimum atomic E-state index is -4.78. The van der Waals surface area contributed by atoms with Crippen LogP contribution < -0.4 is 15.4 Å². The van der Waals surface area contributed by atoms with Crippen LogP contribution in [0, 0.1) is 0 Å². The van der Waals surface area contributed by atoms with Crippen LogP contribution in [0.25, 0.3) is 5.65 Å². The Morgan fingerprint density at radius 3 is 2.76 bits per heavy atom. The van der Waals surface area contributed by atoms with Gasteiger partial charge in [0.05, 0.1) is 17.6 Å². The van der Waals surface area contributed by atoms with E-state index >= 15 is 0 Å². The predicted octanol–water partition coefficient (Wildman–Crippen LogP) is 5.58. The number of piperidine rings is 1. The highest BCUT2D eigenvalue weighted by Crippen LogP contribution is 2.33. The Bertz CT molecular complexity index is 1110. The number of thioether (sulfide) groups is 1. The van der Waals surface area contributed by atoms with Gasteiger partial charge >= 0.3 is 6.36 Å². The van der Waals surface area contributed by atoms with Crippen molar-refractivity contribution in [2.45, 2.75) is 55.5 Å². The Hall–Kier alpha value is -2.24. The number of benzene rings is 1. The third-order valence-electron chi connectivity index (χ3n) is 5.35. The van der Waals surface area contributed by atoms with Crippen LogP contribution in [0.3, 0.4) is 0 Å². The Morgan fingerprint density at radius 1 is 1.29 bits per heavy atom. The first-order chi connectivity index (χ1) is 15.7. The average molecular weight is 520 g/mol. The molecular formula is C22H26ClF4N5OS. The summed E-state index contributed by atoms with van der Waals surface area (Å²) in [6, 6.07) is 7.75. The third kappa shape index (κ3) is 6.25. The Balaban J connectivity index is 0.00000324. The number of anilines is 1. The third-order valence-corrected chi connectivity index (χ3v) is 6.63. The van der Waals surface area contributed by atoms with Crippen molar-refractivity contribution in [1.82, 2.24) is 19.9 Å². The normalized spacial score (nSPS) is 18.7. The molecule has 0 spiro atoms. The standard InChI is InChI=1S/C22H25F4N5OS.ClH/c1-13(2)17-12-29-21-16(28-10-14-5-3-4-6-18(14)32-22(24,25)26)9-20(30-31(17)21)33-19-7-8-27-11-15(19)23;/h3-6,9,12-13,15,19,27-28H,7-8,10-11H2,1-2H3;1H. The highest BCUT2D eigenvalue weighted by atomic mass is 35.5. The summed E-state index contributed by atoms with van der Waals surface area (Å²) < 4.78 is 58.6. The molecule has 2 N–H and O–H groups in total. The van der Waals surface area contributed by atoms with E-state index in [1.165, 1.54) is 23.9 Å². The summed E-state index contributed by atoms with van der Waals surface area (Å²) >= 11 is 1.37. The highest BCUT2D eigenvalue weighted by molar-refractivity contribution is 7.99. The molecule has 0 amide bonds. The van der Waals surface area contributed by atoms with Crippen molar-refractivity contribution < 1.29 is 22.3 Å². The Labute approximate surface area is 205 Å². The second-order valence-corrected chi connectivity index (χ2v) is 9.40. The maximum Gasteiger partial charge on any atom is 0.573 e. The summed E-state index contributed by atoms with van der Waals surface area (Å²) in [5, 5.41) is 11.3. The van der Waals surface area contributed by atoms with Crippen LogP contribution in [0.5, 0.6) is 5.75 Å². The topological polar surface area (TPSA) is 63.5 Å². The van der Waals surface area contributed by atoms with E-state index in [0.717, 1.165) is 12.2 Å². The maximum absolute atomic E-state index is 14.4. The van der Waals surface area contributed by atoms with E-state index in [0.29, 0.717) is 34.9 Å². The number of fused-ring (bicyclic) bond motifs is 1. The molecule has 2 aromatic heterocycles. The van der Waals surface area contributed by atoms with Crippen LogP contribution in [0.2, 0.25) is 0 Å². The van der Waals surface area contributed by atoms with Gasteiger partial charge in [0.25, 0.3) is 0 Å². The van der Waals surface area contributed by atoms with Gasteiger partial charge in [0, 0.05) is 23.9 Å². The smallest absolute Gasteiger partial charge is 0.405 e. The van der Waals surface area contributed by atoms with E-state index in [-0.39, 0.29) is 35.9 Å². The molecule has 0 radical (unpaired) electrons. The van der Waals surface area contributed by atoms with Crippen molar-refractivity contribution in [3.8, 4) is 5.75 Å². The van der Waals surface area contributed by atoms with Crippen LogP contribution in [-0.4, -0.2) is 45.5 Å². The molecule has 2 unspecified atom stereocenters. The lowest BCUT2D eigenvalue weighted by Crippen LogP contribution is -2.39. The van der Waals surface area contributed by atoms with Crippen molar-refractivity contribution in [2.24, 2.45) is 0 Å². The molecular weight excluding hydrogens is 494 g/mol. The Morgan fingerprint density at radius 2 is 2.06 bits per heavy atom. The van der Waals surface area contributed by atoms with Crippen molar-refractivity contribution in [3.63, 3.8) is 0 Å². The number of nitrogens with one attached hydrogen (secondary N) is 2. The van der Waals surface area contributed by atoms with E-state index < -0.39 is 12.5 Å². The maximum atomic E-state index is 14.4. The van der Waals surface area contributed by atoms with Crippen LogP contribution in [-0.2, 0) is 6.54 Å². The Kier molecular flexibility index (Phi) is 8.53. The zero-order valence-corrected chi connectivity index (χ0v) is 20.2. The molecule has 1 fully saturated rings. The number of hydrogen-bond donors (Lipinski definition) is 2. The summed E-state index contributed by atoms with van der Waals surface area (Å²) in [4.78, 5) is 4.47. The molecule has 1 aromatic carbocycles. The van der Waals surface area contributed by atoms with E-state index in [9.17, 15) is 17.6 Å². The summed E-state index contributed by atoms with van der Waals surface area (Å²) in [7, 11) is 0. The number of ether oxygens (including phenoxy) is 1. The minimum absolute atomic E-state index is 0. The van der Waals surface area contributed by atoms with Gasteiger partial charge in [-0.15, -0.1) is 25.6 Å². The van der Waals surface area contributed by atoms with Crippen LogP contribution >= 0.6 is 24.2 Å². The fraction of sp³-hybridized carbons (Fsp3) is 0.455. The minimum Gasteiger partial charge on any atom is -0.405 e. The molecule has 12 heteroatoms. The number of imidazole rings is 1. The molecule has 1 aliphatic rings.